The van der Waals surface area contributed by atoms with Crippen LogP contribution in [-0.2, 0) is 6.42 Å². The Kier molecular flexibility index (Phi) is 4.95. The van der Waals surface area contributed by atoms with Crippen LogP contribution < -0.4 is 5.32 Å². The average Bonchev–Trinajstić information content (AvgIpc) is 2.39. The van der Waals surface area contributed by atoms with Crippen LogP contribution in [0.2, 0.25) is 0 Å². The van der Waals surface area contributed by atoms with Gasteiger partial charge in [-0.05, 0) is 38.6 Å². The number of piperidine rings is 1. The van der Waals surface area contributed by atoms with E-state index in [0.717, 1.165) is 19.5 Å². The van der Waals surface area contributed by atoms with Gasteiger partial charge in [-0.25, -0.2) is 0 Å². The van der Waals surface area contributed by atoms with E-state index in [-0.39, 0.29) is 0 Å². The number of likely N-dealkylation sites (N-methyl/N-ethyl adjacent to an activating group) is 1. The van der Waals surface area contributed by atoms with E-state index in [2.05, 4.69) is 34.4 Å². The highest BCUT2D eigenvalue weighted by Gasteiger charge is 2.14. The summed E-state index contributed by atoms with van der Waals surface area (Å²) in [6, 6.07) is 6.83. The van der Waals surface area contributed by atoms with Crippen molar-refractivity contribution in [3.63, 3.8) is 0 Å². The van der Waals surface area contributed by atoms with E-state index in [9.17, 15) is 0 Å². The number of nitrogens with zero attached hydrogens (tertiary/aromatic N) is 2. The maximum absolute atomic E-state index is 4.36. The van der Waals surface area contributed by atoms with Gasteiger partial charge < -0.3 is 10.2 Å². The predicted molar refractivity (Wildman–Crippen MR) is 71.1 cm³/mol. The molecule has 1 N–H and O–H groups in total. The third-order valence-electron chi connectivity index (χ3n) is 3.42. The van der Waals surface area contributed by atoms with Crippen LogP contribution in [0.1, 0.15) is 25.0 Å². The molecule has 1 fully saturated rings. The first-order valence-corrected chi connectivity index (χ1v) is 6.66. The van der Waals surface area contributed by atoms with E-state index in [0.29, 0.717) is 6.04 Å². The zero-order valence-corrected chi connectivity index (χ0v) is 10.7. The lowest BCUT2D eigenvalue weighted by atomic mass is 10.0. The van der Waals surface area contributed by atoms with Crippen LogP contribution in [0.5, 0.6) is 0 Å². The molecule has 1 aliphatic heterocycles. The van der Waals surface area contributed by atoms with Gasteiger partial charge in [0.2, 0.25) is 0 Å². The minimum absolute atomic E-state index is 0.692. The van der Waals surface area contributed by atoms with Gasteiger partial charge in [-0.2, -0.15) is 0 Å². The maximum Gasteiger partial charge on any atom is 0.0416 e. The second kappa shape index (κ2) is 6.72. The number of pyridine rings is 1. The van der Waals surface area contributed by atoms with Crippen LogP contribution in [0, 0.1) is 0 Å². The van der Waals surface area contributed by atoms with E-state index in [1.54, 1.807) is 0 Å². The number of nitrogens with one attached hydrogen (secondary N) is 1. The van der Waals surface area contributed by atoms with Crippen molar-refractivity contribution >= 4 is 0 Å². The number of hydrogen-bond donors (Lipinski definition) is 1. The van der Waals surface area contributed by atoms with E-state index >= 15 is 0 Å². The van der Waals surface area contributed by atoms with Crippen molar-refractivity contribution in [2.24, 2.45) is 0 Å². The molecule has 0 bridgehead atoms. The predicted octanol–water partition coefficient (Wildman–Crippen LogP) is 1.70. The van der Waals surface area contributed by atoms with Crippen molar-refractivity contribution in [3.05, 3.63) is 30.1 Å². The summed E-state index contributed by atoms with van der Waals surface area (Å²) in [7, 11) is 2.21. The maximum atomic E-state index is 4.36. The summed E-state index contributed by atoms with van der Waals surface area (Å²) in [6.07, 6.45) is 6.97. The van der Waals surface area contributed by atoms with Crippen LogP contribution >= 0.6 is 0 Å². The third kappa shape index (κ3) is 4.44. The molecule has 0 amide bonds. The summed E-state index contributed by atoms with van der Waals surface area (Å²) >= 11 is 0. The zero-order valence-electron chi connectivity index (χ0n) is 10.7. The molecule has 2 rings (SSSR count). The van der Waals surface area contributed by atoms with Crippen molar-refractivity contribution in [1.82, 2.24) is 15.2 Å². The van der Waals surface area contributed by atoms with Crippen molar-refractivity contribution in [2.45, 2.75) is 31.7 Å². The summed E-state index contributed by atoms with van der Waals surface area (Å²) in [5.41, 5.74) is 1.19. The number of hydrogen-bond acceptors (Lipinski definition) is 3. The highest BCUT2D eigenvalue weighted by atomic mass is 15.1. The lowest BCUT2D eigenvalue weighted by Gasteiger charge is -2.28. The number of aromatic nitrogens is 1. The molecule has 94 valence electrons. The molecule has 1 aromatic heterocycles. The van der Waals surface area contributed by atoms with Gasteiger partial charge in [0, 0.05) is 37.4 Å². The first-order chi connectivity index (χ1) is 8.34. The molecule has 17 heavy (non-hydrogen) atoms. The molecule has 1 saturated heterocycles. The summed E-state index contributed by atoms with van der Waals surface area (Å²) in [5.74, 6) is 0. The fourth-order valence-corrected chi connectivity index (χ4v) is 2.40. The van der Waals surface area contributed by atoms with Crippen molar-refractivity contribution in [1.29, 1.82) is 0 Å². The standard InChI is InChI=1S/C14H23N3/c1-17(12-14-7-3-5-10-16-14)11-8-13-6-2-4-9-15-13/h2,4,6,9,14,16H,3,5,7-8,10-12H2,1H3/t14-/m0/s1. The topological polar surface area (TPSA) is 28.2 Å². The average molecular weight is 233 g/mol. The van der Waals surface area contributed by atoms with Gasteiger partial charge in [0.05, 0.1) is 0 Å². The summed E-state index contributed by atoms with van der Waals surface area (Å²) in [6.45, 7) is 3.45. The molecule has 0 aliphatic carbocycles. The second-order valence-electron chi connectivity index (χ2n) is 4.98. The van der Waals surface area contributed by atoms with E-state index in [1.807, 2.05) is 12.3 Å². The van der Waals surface area contributed by atoms with Gasteiger partial charge in [-0.3, -0.25) is 4.98 Å². The third-order valence-corrected chi connectivity index (χ3v) is 3.42. The Morgan fingerprint density at radius 1 is 1.41 bits per heavy atom. The van der Waals surface area contributed by atoms with Crippen LogP contribution in [0.15, 0.2) is 24.4 Å². The van der Waals surface area contributed by atoms with Gasteiger partial charge in [0.25, 0.3) is 0 Å². The lowest BCUT2D eigenvalue weighted by Crippen LogP contribution is -2.42. The Balaban J connectivity index is 1.68. The van der Waals surface area contributed by atoms with Gasteiger partial charge in [-0.15, -0.1) is 0 Å². The fraction of sp³-hybridized carbons (Fsp3) is 0.643. The molecular formula is C14H23N3. The molecule has 0 radical (unpaired) electrons. The van der Waals surface area contributed by atoms with E-state index in [1.165, 1.54) is 31.5 Å². The summed E-state index contributed by atoms with van der Waals surface area (Å²) < 4.78 is 0. The molecule has 1 aromatic rings. The summed E-state index contributed by atoms with van der Waals surface area (Å²) in [4.78, 5) is 6.77. The Morgan fingerprint density at radius 3 is 3.06 bits per heavy atom. The minimum atomic E-state index is 0.692. The minimum Gasteiger partial charge on any atom is -0.313 e. The van der Waals surface area contributed by atoms with E-state index < -0.39 is 0 Å². The van der Waals surface area contributed by atoms with Crippen molar-refractivity contribution < 1.29 is 0 Å². The highest BCUT2D eigenvalue weighted by molar-refractivity contribution is 5.03. The zero-order chi connectivity index (χ0) is 11.9. The summed E-state index contributed by atoms with van der Waals surface area (Å²) in [5, 5.41) is 3.59. The van der Waals surface area contributed by atoms with Crippen molar-refractivity contribution in [3.8, 4) is 0 Å². The Bertz CT molecular complexity index is 307. The molecule has 0 saturated carbocycles. The largest absolute Gasteiger partial charge is 0.313 e. The van der Waals surface area contributed by atoms with Gasteiger partial charge in [0.1, 0.15) is 0 Å². The quantitative estimate of drug-likeness (QED) is 0.839. The molecule has 3 heteroatoms. The van der Waals surface area contributed by atoms with Crippen LogP contribution in [0.4, 0.5) is 0 Å². The Morgan fingerprint density at radius 2 is 2.35 bits per heavy atom. The van der Waals surface area contributed by atoms with Crippen molar-refractivity contribution in [2.75, 3.05) is 26.7 Å². The fourth-order valence-electron chi connectivity index (χ4n) is 2.40. The van der Waals surface area contributed by atoms with Crippen LogP contribution in [-0.4, -0.2) is 42.6 Å². The SMILES string of the molecule is CN(CCc1ccccn1)C[C@@H]1CCCCN1. The normalized spacial score (nSPS) is 20.7. The van der Waals surface area contributed by atoms with Crippen LogP contribution in [0.3, 0.4) is 0 Å². The molecule has 2 heterocycles. The molecule has 1 aliphatic rings. The van der Waals surface area contributed by atoms with Crippen LogP contribution in [0.25, 0.3) is 0 Å². The lowest BCUT2D eigenvalue weighted by molar-refractivity contribution is 0.264. The molecule has 0 aromatic carbocycles. The highest BCUT2D eigenvalue weighted by Crippen LogP contribution is 2.08. The second-order valence-corrected chi connectivity index (χ2v) is 4.98. The molecular weight excluding hydrogens is 210 g/mol. The molecule has 3 nitrogen and oxygen atoms in total. The molecule has 0 spiro atoms. The van der Waals surface area contributed by atoms with Gasteiger partial charge in [-0.1, -0.05) is 12.5 Å². The molecule has 0 unspecified atom stereocenters. The Hall–Kier alpha value is -0.930. The van der Waals surface area contributed by atoms with E-state index in [4.69, 9.17) is 0 Å². The monoisotopic (exact) mass is 233 g/mol. The smallest absolute Gasteiger partial charge is 0.0416 e. The molecule has 1 atom stereocenters. The first kappa shape index (κ1) is 12.5. The Labute approximate surface area is 104 Å². The van der Waals surface area contributed by atoms with Gasteiger partial charge in [0.15, 0.2) is 0 Å². The van der Waals surface area contributed by atoms with Gasteiger partial charge >= 0.3 is 0 Å². The first-order valence-electron chi connectivity index (χ1n) is 6.66. The number of rotatable bonds is 5.